The van der Waals surface area contributed by atoms with Crippen molar-refractivity contribution in [3.05, 3.63) is 62.0 Å². The average Bonchev–Trinajstić information content (AvgIpc) is 3.02. The van der Waals surface area contributed by atoms with Crippen LogP contribution in [-0.2, 0) is 6.42 Å². The molecule has 0 aliphatic heterocycles. The second-order valence-corrected chi connectivity index (χ2v) is 7.84. The fourth-order valence-electron chi connectivity index (χ4n) is 2.21. The zero-order valence-corrected chi connectivity index (χ0v) is 16.3. The number of carbonyl (C=O) groups is 1. The summed E-state index contributed by atoms with van der Waals surface area (Å²) in [6, 6.07) is 12.1. The summed E-state index contributed by atoms with van der Waals surface area (Å²) in [4.78, 5) is 14.3. The lowest BCUT2D eigenvalue weighted by Crippen LogP contribution is -1.93. The predicted octanol–water partition coefficient (Wildman–Crippen LogP) is 6.28. The first-order valence-corrected chi connectivity index (χ1v) is 9.90. The lowest BCUT2D eigenvalue weighted by molar-refractivity contribution is 0.105. The zero-order valence-electron chi connectivity index (χ0n) is 13.3. The van der Waals surface area contributed by atoms with E-state index in [1.165, 1.54) is 34.1 Å². The minimum atomic E-state index is 0.0628. The van der Waals surface area contributed by atoms with Gasteiger partial charge in [-0.3, -0.25) is 4.79 Å². The van der Waals surface area contributed by atoms with Crippen LogP contribution in [-0.4, -0.2) is 5.78 Å². The van der Waals surface area contributed by atoms with Gasteiger partial charge < -0.3 is 5.32 Å². The summed E-state index contributed by atoms with van der Waals surface area (Å²) in [6.07, 6.45) is 9.44. The molecule has 0 atom stereocenters. The van der Waals surface area contributed by atoms with Crippen molar-refractivity contribution in [1.29, 1.82) is 0 Å². The number of nitrogens with one attached hydrogen (secondary N) is 1. The van der Waals surface area contributed by atoms with Gasteiger partial charge >= 0.3 is 0 Å². The smallest absolute Gasteiger partial charge is 0.197 e. The van der Waals surface area contributed by atoms with Crippen LogP contribution in [0.2, 0.25) is 0 Å². The Kier molecular flexibility index (Phi) is 7.82. The van der Waals surface area contributed by atoms with E-state index in [4.69, 9.17) is 0 Å². The van der Waals surface area contributed by atoms with Crippen molar-refractivity contribution in [1.82, 2.24) is 0 Å². The lowest BCUT2D eigenvalue weighted by atomic mass is 10.1. The minimum Gasteiger partial charge on any atom is -0.362 e. The van der Waals surface area contributed by atoms with Crippen molar-refractivity contribution in [2.75, 3.05) is 5.32 Å². The van der Waals surface area contributed by atoms with E-state index >= 15 is 0 Å². The predicted molar refractivity (Wildman–Crippen MR) is 108 cm³/mol. The quantitative estimate of drug-likeness (QED) is 0.216. The molecule has 4 heteroatoms. The topological polar surface area (TPSA) is 29.1 Å². The third kappa shape index (κ3) is 6.47. The van der Waals surface area contributed by atoms with E-state index in [1.807, 2.05) is 30.3 Å². The van der Waals surface area contributed by atoms with Crippen molar-refractivity contribution in [3.63, 3.8) is 0 Å². The highest BCUT2D eigenvalue weighted by atomic mass is 127. The minimum absolute atomic E-state index is 0.0628. The maximum atomic E-state index is 12.2. The number of rotatable bonds is 9. The number of halogens is 1. The van der Waals surface area contributed by atoms with E-state index in [0.717, 1.165) is 17.0 Å². The first-order valence-electron chi connectivity index (χ1n) is 8.00. The van der Waals surface area contributed by atoms with Crippen molar-refractivity contribution in [3.8, 4) is 0 Å². The third-order valence-corrected chi connectivity index (χ3v) is 5.39. The molecule has 0 amide bonds. The van der Waals surface area contributed by atoms with Gasteiger partial charge in [0, 0.05) is 26.4 Å². The van der Waals surface area contributed by atoms with E-state index in [9.17, 15) is 4.79 Å². The normalized spacial score (nSPS) is 11.0. The number of benzene rings is 1. The van der Waals surface area contributed by atoms with E-state index in [-0.39, 0.29) is 5.78 Å². The molecule has 23 heavy (non-hydrogen) atoms. The molecule has 1 aromatic heterocycles. The van der Waals surface area contributed by atoms with Crippen molar-refractivity contribution in [2.45, 2.75) is 39.0 Å². The standard InChI is InChI=1S/C19H22INOS/c1-2-3-4-5-6-17-11-12-19(23-17)18(22)13-14-21-16-9-7-15(20)8-10-16/h7-14,21H,2-6H2,1H3/b14-13-. The molecule has 2 rings (SSSR count). The largest absolute Gasteiger partial charge is 0.362 e. The Morgan fingerprint density at radius 2 is 1.91 bits per heavy atom. The molecule has 0 radical (unpaired) electrons. The van der Waals surface area contributed by atoms with E-state index < -0.39 is 0 Å². The number of anilines is 1. The molecule has 0 fully saturated rings. The second kappa shape index (κ2) is 9.88. The fraction of sp³-hybridized carbons (Fsp3) is 0.316. The number of unbranched alkanes of at least 4 members (excludes halogenated alkanes) is 3. The molecule has 0 saturated heterocycles. The molecule has 1 N–H and O–H groups in total. The SMILES string of the molecule is CCCCCCc1ccc(C(=O)/C=C\Nc2ccc(I)cc2)s1. The molecular formula is C19H22INOS. The Morgan fingerprint density at radius 3 is 2.65 bits per heavy atom. The molecule has 0 bridgehead atoms. The summed E-state index contributed by atoms with van der Waals surface area (Å²) in [5, 5.41) is 3.13. The van der Waals surface area contributed by atoms with Crippen LogP contribution in [0.4, 0.5) is 5.69 Å². The maximum absolute atomic E-state index is 12.2. The van der Waals surface area contributed by atoms with Crippen LogP contribution < -0.4 is 5.32 Å². The zero-order chi connectivity index (χ0) is 16.5. The number of carbonyl (C=O) groups excluding carboxylic acids is 1. The number of aryl methyl sites for hydroxylation is 1. The monoisotopic (exact) mass is 439 g/mol. The summed E-state index contributed by atoms with van der Waals surface area (Å²) in [7, 11) is 0. The highest BCUT2D eigenvalue weighted by Gasteiger charge is 2.06. The van der Waals surface area contributed by atoms with Crippen LogP contribution >= 0.6 is 33.9 Å². The molecule has 122 valence electrons. The van der Waals surface area contributed by atoms with Crippen LogP contribution in [0.5, 0.6) is 0 Å². The summed E-state index contributed by atoms with van der Waals surface area (Å²) in [5.41, 5.74) is 0.984. The lowest BCUT2D eigenvalue weighted by Gasteiger charge is -1.99. The van der Waals surface area contributed by atoms with Gasteiger partial charge in [-0.15, -0.1) is 11.3 Å². The Morgan fingerprint density at radius 1 is 1.13 bits per heavy atom. The summed E-state index contributed by atoms with van der Waals surface area (Å²) in [6.45, 7) is 2.22. The van der Waals surface area contributed by atoms with E-state index in [1.54, 1.807) is 23.6 Å². The maximum Gasteiger partial charge on any atom is 0.197 e. The number of hydrogen-bond acceptors (Lipinski definition) is 3. The molecule has 2 nitrogen and oxygen atoms in total. The molecular weight excluding hydrogens is 417 g/mol. The van der Waals surface area contributed by atoms with Crippen LogP contribution in [0.1, 0.15) is 47.2 Å². The fourth-order valence-corrected chi connectivity index (χ4v) is 3.54. The highest BCUT2D eigenvalue weighted by Crippen LogP contribution is 2.20. The number of hydrogen-bond donors (Lipinski definition) is 1. The first-order chi connectivity index (χ1) is 11.2. The van der Waals surface area contributed by atoms with Crippen molar-refractivity contribution < 1.29 is 4.79 Å². The van der Waals surface area contributed by atoms with Gasteiger partial charge in [-0.05, 0) is 71.8 Å². The van der Waals surface area contributed by atoms with E-state index in [0.29, 0.717) is 0 Å². The molecule has 0 saturated carbocycles. The van der Waals surface area contributed by atoms with Gasteiger partial charge in [0.1, 0.15) is 0 Å². The summed E-state index contributed by atoms with van der Waals surface area (Å²) in [5.74, 6) is 0.0628. The Bertz CT molecular complexity index is 646. The molecule has 0 aliphatic carbocycles. The molecule has 1 heterocycles. The Labute approximate surface area is 156 Å². The van der Waals surface area contributed by atoms with Crippen LogP contribution in [0, 0.1) is 3.57 Å². The van der Waals surface area contributed by atoms with Gasteiger partial charge in [0.05, 0.1) is 4.88 Å². The summed E-state index contributed by atoms with van der Waals surface area (Å²) >= 11 is 3.89. The van der Waals surface area contributed by atoms with E-state index in [2.05, 4.69) is 40.9 Å². The molecule has 0 unspecified atom stereocenters. The van der Waals surface area contributed by atoms with Gasteiger partial charge in [0.25, 0.3) is 0 Å². The molecule has 1 aromatic carbocycles. The number of allylic oxidation sites excluding steroid dienone is 1. The van der Waals surface area contributed by atoms with Crippen LogP contribution in [0.25, 0.3) is 0 Å². The highest BCUT2D eigenvalue weighted by molar-refractivity contribution is 14.1. The first kappa shape index (κ1) is 18.2. The van der Waals surface area contributed by atoms with Gasteiger partial charge in [-0.1, -0.05) is 26.2 Å². The molecule has 0 spiro atoms. The van der Waals surface area contributed by atoms with Gasteiger partial charge in [0.15, 0.2) is 5.78 Å². The Balaban J connectivity index is 1.82. The number of thiophene rings is 1. The van der Waals surface area contributed by atoms with Gasteiger partial charge in [-0.2, -0.15) is 0 Å². The van der Waals surface area contributed by atoms with Crippen LogP contribution in [0.15, 0.2) is 48.7 Å². The number of ketones is 1. The third-order valence-electron chi connectivity index (χ3n) is 3.51. The van der Waals surface area contributed by atoms with Gasteiger partial charge in [0.2, 0.25) is 0 Å². The van der Waals surface area contributed by atoms with Crippen molar-refractivity contribution in [2.24, 2.45) is 0 Å². The van der Waals surface area contributed by atoms with Crippen LogP contribution in [0.3, 0.4) is 0 Å². The summed E-state index contributed by atoms with van der Waals surface area (Å²) < 4.78 is 1.19. The molecule has 2 aromatic rings. The Hall–Kier alpha value is -1.14. The van der Waals surface area contributed by atoms with Gasteiger partial charge in [-0.25, -0.2) is 0 Å². The van der Waals surface area contributed by atoms with Crippen molar-refractivity contribution >= 4 is 45.4 Å². The second-order valence-electron chi connectivity index (χ2n) is 5.43. The average molecular weight is 439 g/mol. The molecule has 0 aliphatic rings.